The van der Waals surface area contributed by atoms with Gasteiger partial charge in [0.15, 0.2) is 0 Å². The van der Waals surface area contributed by atoms with Crippen molar-refractivity contribution < 1.29 is 0 Å². The van der Waals surface area contributed by atoms with Crippen LogP contribution in [0.15, 0.2) is 0 Å². The summed E-state index contributed by atoms with van der Waals surface area (Å²) in [7, 11) is 0. The van der Waals surface area contributed by atoms with Crippen LogP contribution in [0.25, 0.3) is 0 Å². The van der Waals surface area contributed by atoms with Crippen molar-refractivity contribution >= 4 is 0 Å². The molecule has 0 heteroatoms. The molecule has 1 unspecified atom stereocenters. The predicted octanol–water partition coefficient (Wildman–Crippen LogP) is 4.78. The van der Waals surface area contributed by atoms with Crippen LogP contribution in [0.5, 0.6) is 0 Å². The van der Waals surface area contributed by atoms with E-state index in [4.69, 9.17) is 0 Å². The average molecular weight is 182 g/mol. The van der Waals surface area contributed by atoms with E-state index in [0.717, 1.165) is 11.8 Å². The maximum absolute atomic E-state index is 2.45. The standard InChI is InChI=1S/C13H26/c1-3-4-8-12(2)11-13-9-6-5-7-10-13/h12-13H,3-11H2,1-2H3. The SMILES string of the molecule is CCCCC(C)CC1CCCCC1. The van der Waals surface area contributed by atoms with Crippen molar-refractivity contribution in [2.45, 2.75) is 71.6 Å². The quantitative estimate of drug-likeness (QED) is 0.574. The average Bonchev–Trinajstić information content (AvgIpc) is 2.16. The monoisotopic (exact) mass is 182 g/mol. The van der Waals surface area contributed by atoms with Crippen LogP contribution in [0.4, 0.5) is 0 Å². The van der Waals surface area contributed by atoms with Crippen LogP contribution in [0.3, 0.4) is 0 Å². The number of unbranched alkanes of at least 4 members (excludes halogenated alkanes) is 1. The van der Waals surface area contributed by atoms with Gasteiger partial charge in [-0.05, 0) is 18.3 Å². The molecule has 1 aliphatic rings. The van der Waals surface area contributed by atoms with Gasteiger partial charge in [-0.3, -0.25) is 0 Å². The van der Waals surface area contributed by atoms with Gasteiger partial charge in [-0.25, -0.2) is 0 Å². The zero-order chi connectivity index (χ0) is 9.52. The fraction of sp³-hybridized carbons (Fsp3) is 1.00. The second-order valence-electron chi connectivity index (χ2n) is 4.99. The van der Waals surface area contributed by atoms with Gasteiger partial charge >= 0.3 is 0 Å². The van der Waals surface area contributed by atoms with Gasteiger partial charge < -0.3 is 0 Å². The maximum Gasteiger partial charge on any atom is -0.0412 e. The fourth-order valence-electron chi connectivity index (χ4n) is 2.66. The van der Waals surface area contributed by atoms with Crippen molar-refractivity contribution in [3.63, 3.8) is 0 Å². The maximum atomic E-state index is 2.45. The molecule has 0 saturated heterocycles. The molecule has 78 valence electrons. The summed E-state index contributed by atoms with van der Waals surface area (Å²) in [5.41, 5.74) is 0. The minimum absolute atomic E-state index is 0.989. The van der Waals surface area contributed by atoms with Gasteiger partial charge in [0.1, 0.15) is 0 Å². The first kappa shape index (κ1) is 11.1. The van der Waals surface area contributed by atoms with Crippen molar-refractivity contribution in [2.75, 3.05) is 0 Å². The number of hydrogen-bond acceptors (Lipinski definition) is 0. The lowest BCUT2D eigenvalue weighted by Gasteiger charge is -2.24. The lowest BCUT2D eigenvalue weighted by molar-refractivity contribution is 0.286. The minimum Gasteiger partial charge on any atom is -0.0654 e. The van der Waals surface area contributed by atoms with Gasteiger partial charge in [-0.2, -0.15) is 0 Å². The van der Waals surface area contributed by atoms with Crippen molar-refractivity contribution in [3.05, 3.63) is 0 Å². The summed E-state index contributed by atoms with van der Waals surface area (Å²) in [6.07, 6.45) is 13.3. The van der Waals surface area contributed by atoms with Crippen LogP contribution in [0.2, 0.25) is 0 Å². The summed E-state index contributed by atoms with van der Waals surface area (Å²) in [6, 6.07) is 0. The molecule has 0 radical (unpaired) electrons. The topological polar surface area (TPSA) is 0 Å². The van der Waals surface area contributed by atoms with E-state index < -0.39 is 0 Å². The highest BCUT2D eigenvalue weighted by molar-refractivity contribution is 4.68. The van der Waals surface area contributed by atoms with Crippen LogP contribution >= 0.6 is 0 Å². The molecule has 13 heavy (non-hydrogen) atoms. The van der Waals surface area contributed by atoms with Crippen LogP contribution in [0, 0.1) is 11.8 Å². The van der Waals surface area contributed by atoms with Crippen molar-refractivity contribution in [1.82, 2.24) is 0 Å². The smallest absolute Gasteiger partial charge is 0.0412 e. The first-order valence-electron chi connectivity index (χ1n) is 6.33. The number of rotatable bonds is 5. The largest absolute Gasteiger partial charge is 0.0654 e. The zero-order valence-corrected chi connectivity index (χ0v) is 9.52. The lowest BCUT2D eigenvalue weighted by Crippen LogP contribution is -2.10. The van der Waals surface area contributed by atoms with E-state index in [0.29, 0.717) is 0 Å². The minimum atomic E-state index is 0.989. The molecule has 0 N–H and O–H groups in total. The van der Waals surface area contributed by atoms with Crippen molar-refractivity contribution in [3.8, 4) is 0 Å². The summed E-state index contributed by atoms with van der Waals surface area (Å²) in [6.45, 7) is 4.75. The molecular formula is C13H26. The molecule has 0 bridgehead atoms. The summed E-state index contributed by atoms with van der Waals surface area (Å²) < 4.78 is 0. The van der Waals surface area contributed by atoms with Gasteiger partial charge in [-0.15, -0.1) is 0 Å². The van der Waals surface area contributed by atoms with E-state index in [-0.39, 0.29) is 0 Å². The Morgan fingerprint density at radius 2 is 1.85 bits per heavy atom. The second-order valence-corrected chi connectivity index (χ2v) is 4.99. The highest BCUT2D eigenvalue weighted by Crippen LogP contribution is 2.30. The van der Waals surface area contributed by atoms with Gasteiger partial charge in [0, 0.05) is 0 Å². The van der Waals surface area contributed by atoms with Crippen LogP contribution in [-0.4, -0.2) is 0 Å². The van der Waals surface area contributed by atoms with Gasteiger partial charge in [-0.1, -0.05) is 65.2 Å². The lowest BCUT2D eigenvalue weighted by atomic mass is 9.82. The van der Waals surface area contributed by atoms with Crippen LogP contribution in [-0.2, 0) is 0 Å². The normalized spacial score (nSPS) is 21.7. The first-order chi connectivity index (χ1) is 6.33. The Balaban J connectivity index is 2.07. The molecule has 0 aromatic heterocycles. The summed E-state index contributed by atoms with van der Waals surface area (Å²) in [5, 5.41) is 0. The van der Waals surface area contributed by atoms with Gasteiger partial charge in [0.25, 0.3) is 0 Å². The van der Waals surface area contributed by atoms with E-state index >= 15 is 0 Å². The molecule has 1 fully saturated rings. The molecule has 0 amide bonds. The van der Waals surface area contributed by atoms with E-state index in [1.54, 1.807) is 0 Å². The number of hydrogen-bond donors (Lipinski definition) is 0. The molecule has 0 aliphatic heterocycles. The Morgan fingerprint density at radius 1 is 1.15 bits per heavy atom. The summed E-state index contributed by atoms with van der Waals surface area (Å²) >= 11 is 0. The van der Waals surface area contributed by atoms with Gasteiger partial charge in [0.2, 0.25) is 0 Å². The second kappa shape index (κ2) is 6.45. The molecule has 1 saturated carbocycles. The molecular weight excluding hydrogens is 156 g/mol. The van der Waals surface area contributed by atoms with E-state index in [9.17, 15) is 0 Å². The molecule has 1 rings (SSSR count). The highest BCUT2D eigenvalue weighted by atomic mass is 14.2. The molecule has 0 aromatic rings. The third-order valence-electron chi connectivity index (χ3n) is 3.51. The van der Waals surface area contributed by atoms with Crippen LogP contribution in [0.1, 0.15) is 71.6 Å². The van der Waals surface area contributed by atoms with E-state index in [1.807, 2.05) is 0 Å². The summed E-state index contributed by atoms with van der Waals surface area (Å²) in [5.74, 6) is 2.07. The Kier molecular flexibility index (Phi) is 5.50. The van der Waals surface area contributed by atoms with E-state index in [1.165, 1.54) is 57.8 Å². The molecule has 0 nitrogen and oxygen atoms in total. The predicted molar refractivity (Wildman–Crippen MR) is 59.9 cm³/mol. The molecule has 0 aromatic carbocycles. The van der Waals surface area contributed by atoms with Crippen molar-refractivity contribution in [2.24, 2.45) is 11.8 Å². The Morgan fingerprint density at radius 3 is 2.46 bits per heavy atom. The van der Waals surface area contributed by atoms with Crippen molar-refractivity contribution in [1.29, 1.82) is 0 Å². The van der Waals surface area contributed by atoms with E-state index in [2.05, 4.69) is 13.8 Å². The summed E-state index contributed by atoms with van der Waals surface area (Å²) in [4.78, 5) is 0. The molecule has 1 aliphatic carbocycles. The molecule has 0 heterocycles. The Hall–Kier alpha value is 0. The third-order valence-corrected chi connectivity index (χ3v) is 3.51. The third kappa shape index (κ3) is 4.69. The highest BCUT2D eigenvalue weighted by Gasteiger charge is 2.15. The first-order valence-corrected chi connectivity index (χ1v) is 6.33. The van der Waals surface area contributed by atoms with Crippen LogP contribution < -0.4 is 0 Å². The Labute approximate surface area is 84.1 Å². The molecule has 0 spiro atoms. The fourth-order valence-corrected chi connectivity index (χ4v) is 2.66. The molecule has 1 atom stereocenters. The van der Waals surface area contributed by atoms with Gasteiger partial charge in [0.05, 0.1) is 0 Å². The Bertz CT molecular complexity index is 111. The zero-order valence-electron chi connectivity index (χ0n) is 9.52.